The molecule has 104 valence electrons. The van der Waals surface area contributed by atoms with Crippen molar-refractivity contribution in [2.24, 2.45) is 0 Å². The number of piperidine rings is 1. The van der Waals surface area contributed by atoms with Crippen molar-refractivity contribution >= 4 is 0 Å². The van der Waals surface area contributed by atoms with E-state index >= 15 is 0 Å². The van der Waals surface area contributed by atoms with Gasteiger partial charge in [-0.2, -0.15) is 0 Å². The highest BCUT2D eigenvalue weighted by molar-refractivity contribution is 5.33. The van der Waals surface area contributed by atoms with E-state index in [1.165, 1.54) is 0 Å². The molecule has 2 aromatic rings. The van der Waals surface area contributed by atoms with Gasteiger partial charge in [-0.1, -0.05) is 23.4 Å². The zero-order valence-corrected chi connectivity index (χ0v) is 11.2. The Hall–Kier alpha value is -1.72. The third kappa shape index (κ3) is 1.85. The second kappa shape index (κ2) is 4.40. The fourth-order valence-corrected chi connectivity index (χ4v) is 3.64. The van der Waals surface area contributed by atoms with Gasteiger partial charge in [0, 0.05) is 12.1 Å². The second-order valence-electron chi connectivity index (χ2n) is 5.94. The van der Waals surface area contributed by atoms with Gasteiger partial charge < -0.3 is 10.4 Å². The zero-order chi connectivity index (χ0) is 13.6. The van der Waals surface area contributed by atoms with E-state index in [9.17, 15) is 5.11 Å². The molecular formula is C15H18N4O. The first-order valence-corrected chi connectivity index (χ1v) is 7.20. The van der Waals surface area contributed by atoms with Crippen LogP contribution in [0.2, 0.25) is 0 Å². The van der Waals surface area contributed by atoms with Crippen LogP contribution >= 0.6 is 0 Å². The standard InChI is InChI=1S/C15H18N4O/c20-15(8-11-6-7-12(9-15)17-11)14-10-16-18-19(14)13-4-2-1-3-5-13/h1-5,10-12,17,20H,6-9H2. The number of hydrogen-bond donors (Lipinski definition) is 2. The van der Waals surface area contributed by atoms with Crippen LogP contribution in [0.25, 0.3) is 5.69 Å². The van der Waals surface area contributed by atoms with Gasteiger partial charge in [-0.05, 0) is 37.8 Å². The number of benzene rings is 1. The fraction of sp³-hybridized carbons (Fsp3) is 0.467. The van der Waals surface area contributed by atoms with Crippen LogP contribution in [0, 0.1) is 0 Å². The Morgan fingerprint density at radius 1 is 1.15 bits per heavy atom. The molecule has 2 N–H and O–H groups in total. The van der Waals surface area contributed by atoms with Gasteiger partial charge in [-0.15, -0.1) is 5.10 Å². The Morgan fingerprint density at radius 2 is 1.85 bits per heavy atom. The highest BCUT2D eigenvalue weighted by Gasteiger charge is 2.45. The first-order valence-electron chi connectivity index (χ1n) is 7.20. The van der Waals surface area contributed by atoms with Crippen molar-refractivity contribution in [2.75, 3.05) is 0 Å². The van der Waals surface area contributed by atoms with E-state index in [0.29, 0.717) is 12.1 Å². The third-order valence-corrected chi connectivity index (χ3v) is 4.53. The van der Waals surface area contributed by atoms with Gasteiger partial charge in [0.05, 0.1) is 17.6 Å². The molecule has 5 nitrogen and oxygen atoms in total. The Bertz CT molecular complexity index is 597. The molecule has 4 rings (SSSR count). The van der Waals surface area contributed by atoms with E-state index in [-0.39, 0.29) is 0 Å². The number of hydrogen-bond acceptors (Lipinski definition) is 4. The fourth-order valence-electron chi connectivity index (χ4n) is 3.64. The molecule has 0 aliphatic carbocycles. The quantitative estimate of drug-likeness (QED) is 0.865. The minimum absolute atomic E-state index is 0.415. The largest absolute Gasteiger partial charge is 0.383 e. The van der Waals surface area contributed by atoms with E-state index in [2.05, 4.69) is 15.6 Å². The van der Waals surface area contributed by atoms with Gasteiger partial charge in [0.2, 0.25) is 0 Å². The van der Waals surface area contributed by atoms with Crippen LogP contribution < -0.4 is 5.32 Å². The van der Waals surface area contributed by atoms with Crippen LogP contribution in [0.4, 0.5) is 0 Å². The number of rotatable bonds is 2. The average molecular weight is 270 g/mol. The second-order valence-corrected chi connectivity index (χ2v) is 5.94. The molecule has 1 aromatic carbocycles. The predicted octanol–water partition coefficient (Wildman–Crippen LogP) is 1.37. The maximum Gasteiger partial charge on any atom is 0.111 e. The Balaban J connectivity index is 1.74. The maximum absolute atomic E-state index is 11.1. The summed E-state index contributed by atoms with van der Waals surface area (Å²) >= 11 is 0. The summed E-state index contributed by atoms with van der Waals surface area (Å²) < 4.78 is 1.77. The molecule has 1 aromatic heterocycles. The lowest BCUT2D eigenvalue weighted by Crippen LogP contribution is -2.47. The smallest absolute Gasteiger partial charge is 0.111 e. The summed E-state index contributed by atoms with van der Waals surface area (Å²) in [6.07, 6.45) is 5.49. The number of aliphatic hydroxyl groups is 1. The zero-order valence-electron chi connectivity index (χ0n) is 11.2. The van der Waals surface area contributed by atoms with Crippen LogP contribution in [-0.2, 0) is 5.60 Å². The van der Waals surface area contributed by atoms with Crippen molar-refractivity contribution in [1.82, 2.24) is 20.3 Å². The molecule has 0 saturated carbocycles. The van der Waals surface area contributed by atoms with Gasteiger partial charge in [0.1, 0.15) is 5.60 Å². The van der Waals surface area contributed by atoms with E-state index < -0.39 is 5.60 Å². The van der Waals surface area contributed by atoms with Crippen LogP contribution in [0.15, 0.2) is 36.5 Å². The molecule has 2 saturated heterocycles. The van der Waals surface area contributed by atoms with Crippen molar-refractivity contribution in [3.63, 3.8) is 0 Å². The van der Waals surface area contributed by atoms with Gasteiger partial charge in [-0.25, -0.2) is 4.68 Å². The Labute approximate surface area is 117 Å². The summed E-state index contributed by atoms with van der Waals surface area (Å²) in [6.45, 7) is 0. The van der Waals surface area contributed by atoms with Crippen LogP contribution in [0.5, 0.6) is 0 Å². The summed E-state index contributed by atoms with van der Waals surface area (Å²) in [4.78, 5) is 0. The molecule has 2 unspecified atom stereocenters. The van der Waals surface area contributed by atoms with Crippen molar-refractivity contribution in [1.29, 1.82) is 0 Å². The van der Waals surface area contributed by atoms with Gasteiger partial charge >= 0.3 is 0 Å². The monoisotopic (exact) mass is 270 g/mol. The first-order chi connectivity index (χ1) is 9.74. The molecule has 2 aliphatic heterocycles. The average Bonchev–Trinajstić information content (AvgIpc) is 3.07. The third-order valence-electron chi connectivity index (χ3n) is 4.53. The molecule has 2 atom stereocenters. The lowest BCUT2D eigenvalue weighted by Gasteiger charge is -2.36. The molecule has 0 radical (unpaired) electrons. The molecule has 2 bridgehead atoms. The number of fused-ring (bicyclic) bond motifs is 2. The molecule has 0 amide bonds. The summed E-state index contributed by atoms with van der Waals surface area (Å²) in [6, 6.07) is 10.7. The van der Waals surface area contributed by atoms with Crippen molar-refractivity contribution in [3.8, 4) is 5.69 Å². The van der Waals surface area contributed by atoms with E-state index in [1.54, 1.807) is 10.9 Å². The number of aromatic nitrogens is 3. The molecule has 2 aliphatic rings. The summed E-state index contributed by atoms with van der Waals surface area (Å²) in [5.41, 5.74) is 0.928. The van der Waals surface area contributed by atoms with Gasteiger partial charge in [0.15, 0.2) is 0 Å². The van der Waals surface area contributed by atoms with Crippen LogP contribution in [0.3, 0.4) is 0 Å². The van der Waals surface area contributed by atoms with Crippen molar-refractivity contribution in [2.45, 2.75) is 43.4 Å². The van der Waals surface area contributed by atoms with E-state index in [4.69, 9.17) is 0 Å². The van der Waals surface area contributed by atoms with Crippen LogP contribution in [-0.4, -0.2) is 32.2 Å². The Morgan fingerprint density at radius 3 is 2.55 bits per heavy atom. The maximum atomic E-state index is 11.1. The Kier molecular flexibility index (Phi) is 2.65. The molecular weight excluding hydrogens is 252 g/mol. The van der Waals surface area contributed by atoms with Crippen molar-refractivity contribution < 1.29 is 5.11 Å². The van der Waals surface area contributed by atoms with E-state index in [0.717, 1.165) is 37.1 Å². The van der Waals surface area contributed by atoms with Gasteiger partial charge in [-0.3, -0.25) is 0 Å². The molecule has 3 heterocycles. The van der Waals surface area contributed by atoms with Crippen molar-refractivity contribution in [3.05, 3.63) is 42.2 Å². The minimum atomic E-state index is -0.823. The lowest BCUT2D eigenvalue weighted by molar-refractivity contribution is -0.0172. The van der Waals surface area contributed by atoms with Crippen LogP contribution in [0.1, 0.15) is 31.4 Å². The summed E-state index contributed by atoms with van der Waals surface area (Å²) in [7, 11) is 0. The lowest BCUT2D eigenvalue weighted by atomic mass is 9.85. The highest BCUT2D eigenvalue weighted by atomic mass is 16.3. The first kappa shape index (κ1) is 12.1. The minimum Gasteiger partial charge on any atom is -0.383 e. The number of nitrogens with one attached hydrogen (secondary N) is 1. The number of para-hydroxylation sites is 1. The van der Waals surface area contributed by atoms with Gasteiger partial charge in [0.25, 0.3) is 0 Å². The van der Waals surface area contributed by atoms with E-state index in [1.807, 2.05) is 30.3 Å². The summed E-state index contributed by atoms with van der Waals surface area (Å²) in [5, 5.41) is 22.9. The molecule has 5 heteroatoms. The predicted molar refractivity (Wildman–Crippen MR) is 74.4 cm³/mol. The topological polar surface area (TPSA) is 63.0 Å². The highest BCUT2D eigenvalue weighted by Crippen LogP contribution is 2.40. The SMILES string of the molecule is OC1(c2cnnn2-c2ccccc2)CC2CCC(C1)N2. The summed E-state index contributed by atoms with van der Waals surface area (Å²) in [5.74, 6) is 0. The molecule has 20 heavy (non-hydrogen) atoms. The molecule has 0 spiro atoms. The number of nitrogens with zero attached hydrogens (tertiary/aromatic N) is 3. The normalized spacial score (nSPS) is 32.5. The molecule has 2 fully saturated rings.